The molecule has 1 aromatic carbocycles. The van der Waals surface area contributed by atoms with Crippen molar-refractivity contribution in [1.29, 1.82) is 0 Å². The van der Waals surface area contributed by atoms with Crippen molar-refractivity contribution in [3.8, 4) is 5.75 Å². The van der Waals surface area contributed by atoms with Crippen LogP contribution in [-0.2, 0) is 0 Å². The van der Waals surface area contributed by atoms with E-state index in [4.69, 9.17) is 16.3 Å². The van der Waals surface area contributed by atoms with Crippen LogP contribution in [0.1, 0.15) is 23.6 Å². The van der Waals surface area contributed by atoms with Crippen molar-refractivity contribution in [2.24, 2.45) is 0 Å². The van der Waals surface area contributed by atoms with E-state index in [0.29, 0.717) is 6.04 Å². The second kappa shape index (κ2) is 3.79. The van der Waals surface area contributed by atoms with Gasteiger partial charge in [0.15, 0.2) is 0 Å². The SMILES string of the molecule is COc1cc(C)c(Cl)cc1[C@H]1CCN1. The first-order valence-electron chi connectivity index (χ1n) is 4.80. The third kappa shape index (κ3) is 1.60. The molecule has 0 amide bonds. The number of nitrogens with one attached hydrogen (secondary N) is 1. The van der Waals surface area contributed by atoms with Gasteiger partial charge in [0.1, 0.15) is 5.75 Å². The van der Waals surface area contributed by atoms with Gasteiger partial charge in [0, 0.05) is 16.6 Å². The van der Waals surface area contributed by atoms with Crippen LogP contribution in [0.3, 0.4) is 0 Å². The van der Waals surface area contributed by atoms with E-state index >= 15 is 0 Å². The van der Waals surface area contributed by atoms with Crippen molar-refractivity contribution in [1.82, 2.24) is 5.32 Å². The molecule has 0 spiro atoms. The average molecular weight is 212 g/mol. The zero-order chi connectivity index (χ0) is 10.1. The summed E-state index contributed by atoms with van der Waals surface area (Å²) in [6.45, 7) is 3.07. The van der Waals surface area contributed by atoms with E-state index in [1.807, 2.05) is 19.1 Å². The molecule has 1 atom stereocenters. The molecular formula is C11H14ClNO. The van der Waals surface area contributed by atoms with Gasteiger partial charge >= 0.3 is 0 Å². The Labute approximate surface area is 89.2 Å². The lowest BCUT2D eigenvalue weighted by molar-refractivity contribution is 0.353. The summed E-state index contributed by atoms with van der Waals surface area (Å²) in [5.74, 6) is 0.934. The molecule has 14 heavy (non-hydrogen) atoms. The first kappa shape index (κ1) is 9.81. The number of aryl methyl sites for hydroxylation is 1. The summed E-state index contributed by atoms with van der Waals surface area (Å²) in [4.78, 5) is 0. The molecule has 0 unspecified atom stereocenters. The van der Waals surface area contributed by atoms with E-state index < -0.39 is 0 Å². The number of halogens is 1. The molecule has 2 nitrogen and oxygen atoms in total. The summed E-state index contributed by atoms with van der Waals surface area (Å²) < 4.78 is 5.34. The molecule has 0 radical (unpaired) electrons. The Balaban J connectivity index is 2.40. The van der Waals surface area contributed by atoms with Crippen molar-refractivity contribution in [2.45, 2.75) is 19.4 Å². The van der Waals surface area contributed by atoms with E-state index in [0.717, 1.165) is 29.3 Å². The summed E-state index contributed by atoms with van der Waals surface area (Å²) >= 11 is 6.08. The molecule has 1 fully saturated rings. The Hall–Kier alpha value is -0.730. The summed E-state index contributed by atoms with van der Waals surface area (Å²) in [7, 11) is 1.70. The third-order valence-corrected chi connectivity index (χ3v) is 3.12. The molecule has 0 bridgehead atoms. The van der Waals surface area contributed by atoms with E-state index in [9.17, 15) is 0 Å². The molecular weight excluding hydrogens is 198 g/mol. The highest BCUT2D eigenvalue weighted by Crippen LogP contribution is 2.34. The Kier molecular flexibility index (Phi) is 2.66. The zero-order valence-corrected chi connectivity index (χ0v) is 9.19. The van der Waals surface area contributed by atoms with E-state index in [-0.39, 0.29) is 0 Å². The van der Waals surface area contributed by atoms with Crippen LogP contribution < -0.4 is 10.1 Å². The molecule has 1 aromatic rings. The molecule has 0 aliphatic carbocycles. The second-order valence-electron chi connectivity index (χ2n) is 3.64. The summed E-state index contributed by atoms with van der Waals surface area (Å²) in [6, 6.07) is 4.42. The predicted molar refractivity (Wildman–Crippen MR) is 58.1 cm³/mol. The van der Waals surface area contributed by atoms with Gasteiger partial charge in [-0.2, -0.15) is 0 Å². The highest BCUT2D eigenvalue weighted by Gasteiger charge is 2.22. The van der Waals surface area contributed by atoms with Gasteiger partial charge in [0.05, 0.1) is 7.11 Å². The van der Waals surface area contributed by atoms with Crippen molar-refractivity contribution in [2.75, 3.05) is 13.7 Å². The zero-order valence-electron chi connectivity index (χ0n) is 8.43. The van der Waals surface area contributed by atoms with Crippen molar-refractivity contribution in [3.63, 3.8) is 0 Å². The van der Waals surface area contributed by atoms with Crippen molar-refractivity contribution >= 4 is 11.6 Å². The summed E-state index contributed by atoms with van der Waals surface area (Å²) in [6.07, 6.45) is 1.16. The topological polar surface area (TPSA) is 21.3 Å². The molecule has 76 valence electrons. The molecule has 1 heterocycles. The number of benzene rings is 1. The van der Waals surface area contributed by atoms with Crippen LogP contribution >= 0.6 is 11.6 Å². The van der Waals surface area contributed by atoms with Gasteiger partial charge in [-0.15, -0.1) is 0 Å². The molecule has 2 rings (SSSR count). The molecule has 1 aliphatic rings. The van der Waals surface area contributed by atoms with E-state index in [1.54, 1.807) is 7.11 Å². The van der Waals surface area contributed by atoms with Crippen LogP contribution in [0.4, 0.5) is 0 Å². The average Bonchev–Trinajstić information content (AvgIpc) is 2.08. The standard InChI is InChI=1S/C11H14ClNO/c1-7-5-11(14-2)8(6-9(7)12)10-3-4-13-10/h5-6,10,13H,3-4H2,1-2H3/t10-/m1/s1. The van der Waals surface area contributed by atoms with E-state index in [2.05, 4.69) is 5.32 Å². The van der Waals surface area contributed by atoms with Crippen molar-refractivity contribution < 1.29 is 4.74 Å². The predicted octanol–water partition coefficient (Wildman–Crippen LogP) is 2.69. The lowest BCUT2D eigenvalue weighted by atomic mass is 9.96. The van der Waals surface area contributed by atoms with Crippen LogP contribution in [0.15, 0.2) is 12.1 Å². The fourth-order valence-corrected chi connectivity index (χ4v) is 1.85. The van der Waals surface area contributed by atoms with Gasteiger partial charge in [-0.1, -0.05) is 11.6 Å². The summed E-state index contributed by atoms with van der Waals surface area (Å²) in [5, 5.41) is 4.16. The molecule has 1 aliphatic heterocycles. The number of ether oxygens (including phenoxy) is 1. The fraction of sp³-hybridized carbons (Fsp3) is 0.455. The second-order valence-corrected chi connectivity index (χ2v) is 4.05. The smallest absolute Gasteiger partial charge is 0.124 e. The number of methoxy groups -OCH3 is 1. The first-order valence-corrected chi connectivity index (χ1v) is 5.17. The van der Waals surface area contributed by atoms with Crippen LogP contribution in [0.5, 0.6) is 5.75 Å². The Bertz CT molecular complexity index is 347. The van der Waals surface area contributed by atoms with Gasteiger partial charge in [0.25, 0.3) is 0 Å². The number of hydrogen-bond acceptors (Lipinski definition) is 2. The Morgan fingerprint density at radius 2 is 2.21 bits per heavy atom. The molecule has 0 aromatic heterocycles. The quantitative estimate of drug-likeness (QED) is 0.812. The first-order chi connectivity index (χ1) is 6.72. The lowest BCUT2D eigenvalue weighted by Crippen LogP contribution is -2.35. The van der Waals surface area contributed by atoms with Gasteiger partial charge in [0.2, 0.25) is 0 Å². The lowest BCUT2D eigenvalue weighted by Gasteiger charge is -2.29. The van der Waals surface area contributed by atoms with Crippen LogP contribution in [0.25, 0.3) is 0 Å². The maximum atomic E-state index is 6.08. The van der Waals surface area contributed by atoms with Crippen LogP contribution in [0.2, 0.25) is 5.02 Å². The van der Waals surface area contributed by atoms with Crippen LogP contribution in [0, 0.1) is 6.92 Å². The minimum Gasteiger partial charge on any atom is -0.496 e. The highest BCUT2D eigenvalue weighted by molar-refractivity contribution is 6.31. The van der Waals surface area contributed by atoms with Gasteiger partial charge < -0.3 is 10.1 Å². The molecule has 0 saturated carbocycles. The summed E-state index contributed by atoms with van der Waals surface area (Å²) in [5.41, 5.74) is 2.24. The van der Waals surface area contributed by atoms with Gasteiger partial charge in [-0.25, -0.2) is 0 Å². The van der Waals surface area contributed by atoms with Crippen molar-refractivity contribution in [3.05, 3.63) is 28.3 Å². The Morgan fingerprint density at radius 1 is 1.50 bits per heavy atom. The third-order valence-electron chi connectivity index (χ3n) is 2.71. The largest absolute Gasteiger partial charge is 0.496 e. The Morgan fingerprint density at radius 3 is 2.71 bits per heavy atom. The monoisotopic (exact) mass is 211 g/mol. The molecule has 1 saturated heterocycles. The molecule has 3 heteroatoms. The highest BCUT2D eigenvalue weighted by atomic mass is 35.5. The van der Waals surface area contributed by atoms with Crippen LogP contribution in [-0.4, -0.2) is 13.7 Å². The number of hydrogen-bond donors (Lipinski definition) is 1. The normalized spacial score (nSPS) is 20.4. The number of rotatable bonds is 2. The van der Waals surface area contributed by atoms with E-state index in [1.165, 1.54) is 5.56 Å². The maximum absolute atomic E-state index is 6.08. The van der Waals surface area contributed by atoms with Gasteiger partial charge in [-0.3, -0.25) is 0 Å². The molecule has 1 N–H and O–H groups in total. The minimum atomic E-state index is 0.419. The fourth-order valence-electron chi connectivity index (χ4n) is 1.67. The van der Waals surface area contributed by atoms with Gasteiger partial charge in [-0.05, 0) is 37.6 Å². The maximum Gasteiger partial charge on any atom is 0.124 e. The minimum absolute atomic E-state index is 0.419.